The Balaban J connectivity index is 1.25. The number of hydrogen-bond donors (Lipinski definition) is 2. The predicted molar refractivity (Wildman–Crippen MR) is 127 cm³/mol. The number of carbonyl (C=O) groups is 2. The van der Waals surface area contributed by atoms with E-state index in [2.05, 4.69) is 38.7 Å². The van der Waals surface area contributed by atoms with Crippen molar-refractivity contribution in [3.8, 4) is 11.5 Å². The van der Waals surface area contributed by atoms with Gasteiger partial charge in [-0.25, -0.2) is 0 Å². The maximum absolute atomic E-state index is 12.6. The zero-order chi connectivity index (χ0) is 23.3. The molecule has 8 nitrogen and oxygen atoms in total. The summed E-state index contributed by atoms with van der Waals surface area (Å²) in [5.41, 5.74) is 4.10. The maximum atomic E-state index is 12.6. The van der Waals surface area contributed by atoms with Crippen LogP contribution in [0, 0.1) is 0 Å². The fourth-order valence-corrected chi connectivity index (χ4v) is 4.39. The van der Waals surface area contributed by atoms with E-state index in [1.807, 2.05) is 24.4 Å². The van der Waals surface area contributed by atoms with Crippen molar-refractivity contribution in [3.05, 3.63) is 83.7 Å². The number of pyridine rings is 1. The van der Waals surface area contributed by atoms with Gasteiger partial charge in [-0.2, -0.15) is 0 Å². The van der Waals surface area contributed by atoms with Gasteiger partial charge in [0.2, 0.25) is 0 Å². The molecule has 2 aliphatic rings. The molecule has 3 heterocycles. The molecule has 3 aromatic rings. The van der Waals surface area contributed by atoms with E-state index in [4.69, 9.17) is 9.47 Å². The topological polar surface area (TPSA) is 92.8 Å². The van der Waals surface area contributed by atoms with Gasteiger partial charge in [0.05, 0.1) is 6.04 Å². The lowest BCUT2D eigenvalue weighted by molar-refractivity contribution is -0.136. The Kier molecular flexibility index (Phi) is 6.40. The molecule has 2 aliphatic heterocycles. The first-order valence-corrected chi connectivity index (χ1v) is 11.4. The monoisotopic (exact) mass is 458 g/mol. The number of hydrogen-bond acceptors (Lipinski definition) is 6. The molecular weight excluding hydrogens is 432 g/mol. The van der Waals surface area contributed by atoms with Crippen LogP contribution in [0.2, 0.25) is 0 Å². The average Bonchev–Trinajstić information content (AvgIpc) is 2.89. The maximum Gasteiger partial charge on any atom is 0.313 e. The van der Waals surface area contributed by atoms with Gasteiger partial charge >= 0.3 is 11.8 Å². The molecule has 0 fully saturated rings. The minimum absolute atomic E-state index is 0.104. The molecule has 5 rings (SSSR count). The number of anilines is 1. The number of nitrogens with zero attached hydrogens (tertiary/aromatic N) is 2. The zero-order valence-corrected chi connectivity index (χ0v) is 18.7. The van der Waals surface area contributed by atoms with Crippen LogP contribution in [-0.4, -0.2) is 48.0 Å². The van der Waals surface area contributed by atoms with Crippen LogP contribution in [0.25, 0.3) is 0 Å². The Morgan fingerprint density at radius 2 is 1.79 bits per heavy atom. The van der Waals surface area contributed by atoms with Gasteiger partial charge in [-0.15, -0.1) is 0 Å². The fourth-order valence-electron chi connectivity index (χ4n) is 4.39. The highest BCUT2D eigenvalue weighted by Crippen LogP contribution is 2.32. The summed E-state index contributed by atoms with van der Waals surface area (Å²) in [6, 6.07) is 17.2. The molecule has 2 amide bonds. The largest absolute Gasteiger partial charge is 0.486 e. The summed E-state index contributed by atoms with van der Waals surface area (Å²) in [6.07, 6.45) is 4.48. The summed E-state index contributed by atoms with van der Waals surface area (Å²) in [5.74, 6) is -0.255. The highest BCUT2D eigenvalue weighted by Gasteiger charge is 2.26. The highest BCUT2D eigenvalue weighted by molar-refractivity contribution is 6.39. The van der Waals surface area contributed by atoms with E-state index in [-0.39, 0.29) is 6.04 Å². The second-order valence-electron chi connectivity index (χ2n) is 8.31. The summed E-state index contributed by atoms with van der Waals surface area (Å²) >= 11 is 0. The van der Waals surface area contributed by atoms with E-state index >= 15 is 0 Å². The zero-order valence-electron chi connectivity index (χ0n) is 18.7. The van der Waals surface area contributed by atoms with Gasteiger partial charge in [0.1, 0.15) is 13.2 Å². The lowest BCUT2D eigenvalue weighted by atomic mass is 9.97. The summed E-state index contributed by atoms with van der Waals surface area (Å²) in [7, 11) is 0. The lowest BCUT2D eigenvalue weighted by Crippen LogP contribution is -2.43. The number of fused-ring (bicyclic) bond motifs is 2. The lowest BCUT2D eigenvalue weighted by Gasteiger charge is -2.35. The van der Waals surface area contributed by atoms with Crippen LogP contribution in [0.3, 0.4) is 0 Å². The number of carbonyl (C=O) groups excluding carboxylic acids is 2. The molecule has 1 unspecified atom stereocenters. The molecule has 0 aliphatic carbocycles. The molecule has 1 atom stereocenters. The van der Waals surface area contributed by atoms with E-state index in [0.717, 1.165) is 25.1 Å². The van der Waals surface area contributed by atoms with Gasteiger partial charge in [-0.05, 0) is 41.3 Å². The molecule has 8 heteroatoms. The molecule has 0 radical (unpaired) electrons. The van der Waals surface area contributed by atoms with Crippen molar-refractivity contribution in [3.63, 3.8) is 0 Å². The van der Waals surface area contributed by atoms with E-state index in [0.29, 0.717) is 36.9 Å². The summed E-state index contributed by atoms with van der Waals surface area (Å²) in [6.45, 7) is 2.86. The summed E-state index contributed by atoms with van der Waals surface area (Å²) in [5, 5.41) is 5.44. The Bertz CT molecular complexity index is 1180. The van der Waals surface area contributed by atoms with Crippen LogP contribution in [-0.2, 0) is 22.6 Å². The number of rotatable bonds is 5. The molecule has 0 bridgehead atoms. The second kappa shape index (κ2) is 9.93. The van der Waals surface area contributed by atoms with Crippen LogP contribution < -0.4 is 20.1 Å². The van der Waals surface area contributed by atoms with E-state index in [1.54, 1.807) is 24.4 Å². The van der Waals surface area contributed by atoms with Crippen LogP contribution in [0.1, 0.15) is 22.7 Å². The van der Waals surface area contributed by atoms with E-state index in [1.165, 1.54) is 11.1 Å². The normalized spacial score (nSPS) is 15.6. The molecule has 0 saturated carbocycles. The van der Waals surface area contributed by atoms with Gasteiger partial charge in [-0.3, -0.25) is 19.5 Å². The molecule has 2 N–H and O–H groups in total. The summed E-state index contributed by atoms with van der Waals surface area (Å²) in [4.78, 5) is 31.8. The van der Waals surface area contributed by atoms with Crippen LogP contribution in [0.5, 0.6) is 11.5 Å². The van der Waals surface area contributed by atoms with Crippen molar-refractivity contribution >= 4 is 17.5 Å². The Morgan fingerprint density at radius 1 is 0.971 bits per heavy atom. The molecule has 0 spiro atoms. The Labute approximate surface area is 197 Å². The summed E-state index contributed by atoms with van der Waals surface area (Å²) < 4.78 is 11.0. The first-order chi connectivity index (χ1) is 16.7. The van der Waals surface area contributed by atoms with Gasteiger partial charge < -0.3 is 20.1 Å². The third-order valence-corrected chi connectivity index (χ3v) is 6.13. The van der Waals surface area contributed by atoms with Gasteiger partial charge in [0, 0.05) is 43.8 Å². The number of ether oxygens (including phenoxy) is 2. The van der Waals surface area contributed by atoms with Crippen molar-refractivity contribution in [1.29, 1.82) is 0 Å². The third-order valence-electron chi connectivity index (χ3n) is 6.13. The quantitative estimate of drug-likeness (QED) is 0.571. The SMILES string of the molecule is O=C(NCC(c1cccnc1)N1CCc2ccccc2C1)C(=O)Nc1ccc2c(c1)OCCO2. The van der Waals surface area contributed by atoms with Crippen LogP contribution in [0.4, 0.5) is 5.69 Å². The Hall–Kier alpha value is -3.91. The van der Waals surface area contributed by atoms with Crippen molar-refractivity contribution < 1.29 is 19.1 Å². The van der Waals surface area contributed by atoms with Crippen molar-refractivity contribution in [2.45, 2.75) is 19.0 Å². The fraction of sp³-hybridized carbons (Fsp3) is 0.269. The molecule has 1 aromatic heterocycles. The van der Waals surface area contributed by atoms with Gasteiger partial charge in [0.15, 0.2) is 11.5 Å². The van der Waals surface area contributed by atoms with Crippen molar-refractivity contribution in [2.24, 2.45) is 0 Å². The van der Waals surface area contributed by atoms with Gasteiger partial charge in [0.25, 0.3) is 0 Å². The minimum atomic E-state index is -0.731. The molecule has 2 aromatic carbocycles. The Morgan fingerprint density at radius 3 is 2.62 bits per heavy atom. The van der Waals surface area contributed by atoms with Crippen LogP contribution in [0.15, 0.2) is 67.0 Å². The number of nitrogens with one attached hydrogen (secondary N) is 2. The smallest absolute Gasteiger partial charge is 0.313 e. The number of benzene rings is 2. The molecule has 0 saturated heterocycles. The first kappa shape index (κ1) is 21.9. The number of aromatic nitrogens is 1. The number of amides is 2. The van der Waals surface area contributed by atoms with Crippen molar-refractivity contribution in [2.75, 3.05) is 31.6 Å². The van der Waals surface area contributed by atoms with Crippen molar-refractivity contribution in [1.82, 2.24) is 15.2 Å². The molecular formula is C26H26N4O4. The van der Waals surface area contributed by atoms with E-state index < -0.39 is 11.8 Å². The first-order valence-electron chi connectivity index (χ1n) is 11.4. The molecule has 34 heavy (non-hydrogen) atoms. The van der Waals surface area contributed by atoms with Gasteiger partial charge in [-0.1, -0.05) is 30.3 Å². The second-order valence-corrected chi connectivity index (χ2v) is 8.31. The van der Waals surface area contributed by atoms with E-state index in [9.17, 15) is 9.59 Å². The molecule has 174 valence electrons. The average molecular weight is 459 g/mol. The van der Waals surface area contributed by atoms with Crippen LogP contribution >= 0.6 is 0 Å². The third kappa shape index (κ3) is 4.87. The minimum Gasteiger partial charge on any atom is -0.486 e. The standard InChI is InChI=1S/C26H26N4O4/c31-25(26(32)29-21-7-8-23-24(14-21)34-13-12-33-23)28-16-22(19-6-3-10-27-15-19)30-11-9-18-4-1-2-5-20(18)17-30/h1-8,10,14-15,22H,9,11-13,16-17H2,(H,28,31)(H,29,32). The predicted octanol–water partition coefficient (Wildman–Crippen LogP) is 2.71. The highest BCUT2D eigenvalue weighted by atomic mass is 16.6.